The van der Waals surface area contributed by atoms with Gasteiger partial charge in [-0.3, -0.25) is 9.59 Å². The number of amides is 2. The number of rotatable bonds is 14. The van der Waals surface area contributed by atoms with Crippen molar-refractivity contribution in [2.75, 3.05) is 62.3 Å². The fourth-order valence-corrected chi connectivity index (χ4v) is 8.02. The van der Waals surface area contributed by atoms with Crippen LogP contribution in [0.2, 0.25) is 0 Å². The summed E-state index contributed by atoms with van der Waals surface area (Å²) in [5.41, 5.74) is 5.95. The van der Waals surface area contributed by atoms with Crippen LogP contribution in [0.25, 0.3) is 21.8 Å². The molecular formula is C47H40N8O10S2. The number of benzene rings is 4. The first-order valence-corrected chi connectivity index (χ1v) is 22.3. The van der Waals surface area contributed by atoms with Crippen LogP contribution in [-0.2, 0) is 24.1 Å². The molecule has 0 unspecified atom stereocenters. The Labute approximate surface area is 391 Å². The Morgan fingerprint density at radius 1 is 0.672 bits per heavy atom. The second-order valence-corrected chi connectivity index (χ2v) is 16.2. The first-order valence-electron chi connectivity index (χ1n) is 20.3. The van der Waals surface area contributed by atoms with Gasteiger partial charge in [-0.05, 0) is 62.4 Å². The van der Waals surface area contributed by atoms with Crippen LogP contribution < -0.4 is 29.6 Å². The zero-order valence-corrected chi connectivity index (χ0v) is 37.8. The van der Waals surface area contributed by atoms with Crippen molar-refractivity contribution in [2.45, 2.75) is 23.9 Å². The third-order valence-corrected chi connectivity index (χ3v) is 11.5. The van der Waals surface area contributed by atoms with Crippen LogP contribution >= 0.6 is 23.5 Å². The van der Waals surface area contributed by atoms with Crippen molar-refractivity contribution in [3.05, 3.63) is 107 Å². The normalized spacial score (nSPS) is 12.7. The number of anilines is 2. The third-order valence-electron chi connectivity index (χ3n) is 9.55. The van der Waals surface area contributed by atoms with E-state index in [0.717, 1.165) is 28.1 Å². The number of fused-ring (bicyclic) bond motifs is 4. The highest BCUT2D eigenvalue weighted by molar-refractivity contribution is 8.00. The fourth-order valence-electron chi connectivity index (χ4n) is 6.50. The van der Waals surface area contributed by atoms with Crippen LogP contribution in [-0.4, -0.2) is 95.9 Å². The molecule has 20 heteroatoms. The molecule has 18 nitrogen and oxygen atoms in total. The predicted molar refractivity (Wildman–Crippen MR) is 252 cm³/mol. The number of nitriles is 2. The fraction of sp³-hybridized carbons (Fsp3) is 0.213. The number of nitrogens with zero attached hydrogens (tertiary/aromatic N) is 6. The average molecular weight is 941 g/mol. The summed E-state index contributed by atoms with van der Waals surface area (Å²) in [6.07, 6.45) is 0. The third kappa shape index (κ3) is 12.4. The number of carboxylic acid groups (broad SMARTS) is 1. The molecule has 340 valence electrons. The molecule has 3 N–H and O–H groups in total. The van der Waals surface area contributed by atoms with Gasteiger partial charge in [0, 0.05) is 45.4 Å². The molecule has 0 spiro atoms. The van der Waals surface area contributed by atoms with Crippen molar-refractivity contribution in [3.63, 3.8) is 0 Å². The van der Waals surface area contributed by atoms with E-state index in [2.05, 4.69) is 43.1 Å². The van der Waals surface area contributed by atoms with E-state index >= 15 is 0 Å². The van der Waals surface area contributed by atoms with Crippen molar-refractivity contribution in [2.24, 2.45) is 10.3 Å². The lowest BCUT2D eigenvalue weighted by Crippen LogP contribution is -2.15. The largest absolute Gasteiger partial charge is 0.486 e. The highest BCUT2D eigenvalue weighted by atomic mass is 32.2. The molecule has 4 heterocycles. The predicted octanol–water partition coefficient (Wildman–Crippen LogP) is 7.41. The highest BCUT2D eigenvalue weighted by Crippen LogP contribution is 2.37. The Kier molecular flexibility index (Phi) is 15.6. The summed E-state index contributed by atoms with van der Waals surface area (Å²) >= 11 is 2.37. The Hall–Kier alpha value is -8.07. The molecule has 8 rings (SSSR count). The van der Waals surface area contributed by atoms with Gasteiger partial charge in [-0.25, -0.2) is 14.8 Å². The van der Waals surface area contributed by atoms with Gasteiger partial charge in [-0.1, -0.05) is 58.1 Å². The minimum absolute atomic E-state index is 0.0385. The SMILES string of the molecule is C/C(=N/OCC(=O)O)c1cccc(NC(=O)CSc2nc3cc4c(cc3cc2C#N)OCCO4)c1.CO/N=C(/C)c1cccc(NC(=O)CSc2nc3cc4c(cc3cc2C#N)OCCO4)c1. The Morgan fingerprint density at radius 3 is 1.52 bits per heavy atom. The molecule has 2 aromatic heterocycles. The second-order valence-electron chi connectivity index (χ2n) is 14.3. The number of oxime groups is 2. The first kappa shape index (κ1) is 46.9. The van der Waals surface area contributed by atoms with Gasteiger partial charge in [0.25, 0.3) is 0 Å². The zero-order valence-electron chi connectivity index (χ0n) is 36.2. The Morgan fingerprint density at radius 2 is 1.10 bits per heavy atom. The topological polar surface area (TPSA) is 249 Å². The van der Waals surface area contributed by atoms with Gasteiger partial charge in [0.15, 0.2) is 23.0 Å². The zero-order chi connectivity index (χ0) is 47.3. The van der Waals surface area contributed by atoms with Crippen molar-refractivity contribution in [1.29, 1.82) is 10.5 Å². The summed E-state index contributed by atoms with van der Waals surface area (Å²) < 4.78 is 22.4. The quantitative estimate of drug-likeness (QED) is 0.0546. The van der Waals surface area contributed by atoms with Gasteiger partial charge in [0.05, 0.1) is 45.1 Å². The summed E-state index contributed by atoms with van der Waals surface area (Å²) in [6, 6.07) is 29.2. The number of ether oxygens (including phenoxy) is 4. The van der Waals surface area contributed by atoms with Crippen molar-refractivity contribution in [3.8, 4) is 35.1 Å². The maximum atomic E-state index is 12.6. The minimum Gasteiger partial charge on any atom is -0.486 e. The number of hydrogen-bond acceptors (Lipinski definition) is 17. The van der Waals surface area contributed by atoms with Crippen LogP contribution in [0.1, 0.15) is 36.1 Å². The molecule has 2 aliphatic rings. The maximum absolute atomic E-state index is 12.6. The molecule has 2 aliphatic heterocycles. The smallest absolute Gasteiger partial charge is 0.344 e. The van der Waals surface area contributed by atoms with Crippen LogP contribution in [0.5, 0.6) is 23.0 Å². The van der Waals surface area contributed by atoms with Crippen LogP contribution in [0.3, 0.4) is 0 Å². The lowest BCUT2D eigenvalue weighted by molar-refractivity contribution is -0.142. The molecule has 0 fully saturated rings. The number of hydrogen-bond donors (Lipinski definition) is 3. The number of carboxylic acids is 1. The number of thioether (sulfide) groups is 2. The van der Waals surface area contributed by atoms with Crippen LogP contribution in [0, 0.1) is 22.7 Å². The summed E-state index contributed by atoms with van der Waals surface area (Å²) in [5, 5.41) is 43.6. The van der Waals surface area contributed by atoms with E-state index in [1.54, 1.807) is 67.6 Å². The monoisotopic (exact) mass is 940 g/mol. The van der Waals surface area contributed by atoms with Crippen LogP contribution in [0.4, 0.5) is 11.4 Å². The van der Waals surface area contributed by atoms with E-state index in [-0.39, 0.29) is 23.3 Å². The Bertz CT molecular complexity index is 3020. The average Bonchev–Trinajstić information content (AvgIpc) is 3.33. The van der Waals surface area contributed by atoms with Crippen molar-refractivity contribution < 1.29 is 48.1 Å². The van der Waals surface area contributed by atoms with Crippen molar-refractivity contribution in [1.82, 2.24) is 9.97 Å². The molecule has 0 bridgehead atoms. The van der Waals surface area contributed by atoms with Gasteiger partial charge in [-0.2, -0.15) is 10.5 Å². The van der Waals surface area contributed by atoms with Crippen molar-refractivity contribution >= 4 is 85.9 Å². The molecule has 0 atom stereocenters. The molecule has 0 saturated heterocycles. The lowest BCUT2D eigenvalue weighted by Gasteiger charge is -2.18. The number of pyridine rings is 2. The van der Waals surface area contributed by atoms with E-state index < -0.39 is 12.6 Å². The molecule has 6 aromatic rings. The number of nitrogens with one attached hydrogen (secondary N) is 2. The van der Waals surface area contributed by atoms with Crippen LogP contribution in [0.15, 0.2) is 105 Å². The summed E-state index contributed by atoms with van der Waals surface area (Å²) in [5.74, 6) is 1.01. The van der Waals surface area contributed by atoms with E-state index in [1.807, 2.05) is 31.2 Å². The number of carbonyl (C=O) groups is 3. The summed E-state index contributed by atoms with van der Waals surface area (Å²) in [6.45, 7) is 4.84. The lowest BCUT2D eigenvalue weighted by atomic mass is 10.1. The minimum atomic E-state index is -1.12. The number of carbonyl (C=O) groups excluding carboxylic acids is 2. The molecule has 4 aromatic carbocycles. The summed E-state index contributed by atoms with van der Waals surface area (Å²) in [4.78, 5) is 54.3. The molecule has 0 radical (unpaired) electrons. The van der Waals surface area contributed by atoms with E-state index in [9.17, 15) is 24.9 Å². The number of aliphatic carboxylic acids is 1. The second kappa shape index (κ2) is 22.2. The first-order chi connectivity index (χ1) is 32.5. The van der Waals surface area contributed by atoms with Gasteiger partial charge in [-0.15, -0.1) is 0 Å². The molecule has 67 heavy (non-hydrogen) atoms. The van der Waals surface area contributed by atoms with E-state index in [0.29, 0.717) is 110 Å². The molecule has 0 aliphatic carbocycles. The van der Waals surface area contributed by atoms with Gasteiger partial charge in [0.1, 0.15) is 55.7 Å². The Balaban J connectivity index is 0.000000200. The van der Waals surface area contributed by atoms with E-state index in [1.165, 1.54) is 18.9 Å². The van der Waals surface area contributed by atoms with Gasteiger partial charge < -0.3 is 44.4 Å². The molecular weight excluding hydrogens is 901 g/mol. The van der Waals surface area contributed by atoms with Gasteiger partial charge >= 0.3 is 5.97 Å². The van der Waals surface area contributed by atoms with Gasteiger partial charge in [0.2, 0.25) is 18.4 Å². The standard InChI is InChI=1S/C24H20N4O6S.C23H20N4O4S/c1-14(28-34-12-23(30)31)15-3-2-4-18(8-15)26-22(29)13-35-24-17(11-25)7-16-9-20-21(10-19(16)27-24)33-6-5-32-20;1-14(27-29-2)15-4-3-5-18(9-15)25-22(28)13-32-23-17(12-24)8-16-10-20-21(11-19(16)26-23)31-7-6-30-20/h2-4,7-10H,5-6,12-13H2,1H3,(H,26,29)(H,30,31);3-5,8-11H,6-7,13H2,1-2H3,(H,25,28)/b28-14-;27-14-. The maximum Gasteiger partial charge on any atom is 0.344 e. The number of aromatic nitrogens is 2. The summed E-state index contributed by atoms with van der Waals surface area (Å²) in [7, 11) is 1.48. The molecule has 2 amide bonds. The highest BCUT2D eigenvalue weighted by Gasteiger charge is 2.19. The molecule has 0 saturated carbocycles. The van der Waals surface area contributed by atoms with E-state index in [4.69, 9.17) is 33.7 Å².